The quantitative estimate of drug-likeness (QED) is 0.153. The lowest BCUT2D eigenvalue weighted by Gasteiger charge is -2.28. The second-order valence-electron chi connectivity index (χ2n) is 17.7. The second-order valence-corrected chi connectivity index (χ2v) is 17.7. The van der Waals surface area contributed by atoms with Crippen molar-refractivity contribution in [2.45, 2.75) is 90.9 Å². The van der Waals surface area contributed by atoms with Crippen molar-refractivity contribution in [2.24, 2.45) is 0 Å². The minimum Gasteiger partial charge on any atom is -0.166 e. The van der Waals surface area contributed by atoms with Crippen molar-refractivity contribution in [1.29, 1.82) is 0 Å². The Morgan fingerprint density at radius 2 is 0.607 bits per heavy atom. The molecule has 0 aliphatic carbocycles. The summed E-state index contributed by atoms with van der Waals surface area (Å²) in [5, 5.41) is 0. The van der Waals surface area contributed by atoms with Crippen molar-refractivity contribution in [2.75, 3.05) is 0 Å². The number of hydrogen-bond donors (Lipinski definition) is 0. The van der Waals surface area contributed by atoms with E-state index in [1.54, 1.807) is 24.3 Å². The molecule has 0 unspecified atom stereocenters. The zero-order valence-corrected chi connectivity index (χ0v) is 33.4. The molecule has 0 aliphatic rings. The molecule has 0 aliphatic heterocycles. The van der Waals surface area contributed by atoms with Crippen LogP contribution in [0.1, 0.15) is 90.1 Å². The SMILES string of the molecule is CC(C)(C)c1cc(-c2ccccc2C(F)(F)F)c(-c2cc(-c3ccccc3C(C)(C)C)cc(-c3ccccc3C(C)(C)C)c2)c(-c2ccccc2C(F)(F)F)c1. The van der Waals surface area contributed by atoms with E-state index >= 15 is 0 Å². The maximum Gasteiger partial charge on any atom is 0.417 e. The van der Waals surface area contributed by atoms with Crippen LogP contribution >= 0.6 is 0 Å². The van der Waals surface area contributed by atoms with Crippen molar-refractivity contribution in [1.82, 2.24) is 0 Å². The first-order chi connectivity index (χ1) is 26.0. The molecule has 0 saturated carbocycles. The fraction of sp³-hybridized carbons (Fsp3) is 0.280. The topological polar surface area (TPSA) is 0 Å². The van der Waals surface area contributed by atoms with Crippen LogP contribution in [0.5, 0.6) is 0 Å². The first kappa shape index (κ1) is 40.6. The van der Waals surface area contributed by atoms with Crippen LogP contribution < -0.4 is 0 Å². The van der Waals surface area contributed by atoms with Crippen molar-refractivity contribution in [3.63, 3.8) is 0 Å². The van der Waals surface area contributed by atoms with Crippen LogP contribution in [0.4, 0.5) is 26.3 Å². The number of halogens is 6. The standard InChI is InChI=1S/C50H48F6/c1-46(2,3)34-29-39(37-20-12-16-24-43(37)49(51,52)53)45(40(30-34)38-21-13-17-25-44(38)50(54,55)56)33-27-31(35-18-10-14-22-41(35)47(4,5)6)26-32(28-33)36-19-11-15-23-42(36)48(7,8)9/h10-30H,1-9H3. The molecule has 0 nitrogen and oxygen atoms in total. The molecule has 0 heterocycles. The highest BCUT2D eigenvalue weighted by molar-refractivity contribution is 5.99. The van der Waals surface area contributed by atoms with E-state index in [9.17, 15) is 26.3 Å². The molecule has 6 heteroatoms. The molecule has 0 amide bonds. The Kier molecular flexibility index (Phi) is 10.5. The van der Waals surface area contributed by atoms with Crippen LogP contribution in [-0.2, 0) is 28.6 Å². The van der Waals surface area contributed by atoms with Crippen molar-refractivity contribution in [3.8, 4) is 55.6 Å². The zero-order valence-electron chi connectivity index (χ0n) is 33.4. The Labute approximate surface area is 327 Å². The highest BCUT2D eigenvalue weighted by Crippen LogP contribution is 2.50. The van der Waals surface area contributed by atoms with Gasteiger partial charge in [-0.25, -0.2) is 0 Å². The lowest BCUT2D eigenvalue weighted by molar-refractivity contribution is -0.137. The largest absolute Gasteiger partial charge is 0.417 e. The number of rotatable bonds is 5. The van der Waals surface area contributed by atoms with Gasteiger partial charge in [-0.15, -0.1) is 0 Å². The Bertz CT molecular complexity index is 2230. The molecule has 0 radical (unpaired) electrons. The van der Waals surface area contributed by atoms with Gasteiger partial charge >= 0.3 is 12.4 Å². The van der Waals surface area contributed by atoms with Gasteiger partial charge in [0, 0.05) is 0 Å². The molecule has 0 atom stereocenters. The third-order valence-electron chi connectivity index (χ3n) is 10.4. The normalized spacial score (nSPS) is 12.9. The van der Waals surface area contributed by atoms with Crippen molar-refractivity contribution < 1.29 is 26.3 Å². The summed E-state index contributed by atoms with van der Waals surface area (Å²) in [6.45, 7) is 18.4. The Morgan fingerprint density at radius 3 is 0.929 bits per heavy atom. The van der Waals surface area contributed by atoms with E-state index in [0.29, 0.717) is 11.1 Å². The minimum absolute atomic E-state index is 0.107. The van der Waals surface area contributed by atoms with Gasteiger partial charge in [-0.1, -0.05) is 147 Å². The zero-order chi connectivity index (χ0) is 41.0. The van der Waals surface area contributed by atoms with Crippen LogP contribution in [0.25, 0.3) is 55.6 Å². The summed E-state index contributed by atoms with van der Waals surface area (Å²) in [6.07, 6.45) is -9.47. The maximum atomic E-state index is 15.0. The summed E-state index contributed by atoms with van der Waals surface area (Å²) < 4.78 is 89.9. The van der Waals surface area contributed by atoms with Crippen LogP contribution in [0, 0.1) is 0 Å². The lowest BCUT2D eigenvalue weighted by atomic mass is 9.76. The molecular weight excluding hydrogens is 715 g/mol. The Morgan fingerprint density at radius 1 is 0.304 bits per heavy atom. The van der Waals surface area contributed by atoms with Gasteiger partial charge in [-0.05, 0) is 131 Å². The van der Waals surface area contributed by atoms with E-state index in [1.807, 2.05) is 69.3 Å². The second kappa shape index (κ2) is 14.4. The average molecular weight is 763 g/mol. The molecule has 6 aromatic rings. The Hall–Kier alpha value is -5.10. The summed E-state index contributed by atoms with van der Waals surface area (Å²) in [4.78, 5) is 0. The van der Waals surface area contributed by atoms with Gasteiger partial charge in [0.25, 0.3) is 0 Å². The first-order valence-corrected chi connectivity index (χ1v) is 18.8. The van der Waals surface area contributed by atoms with Gasteiger partial charge in [0.15, 0.2) is 0 Å². The molecule has 0 bridgehead atoms. The van der Waals surface area contributed by atoms with Crippen LogP contribution in [0.2, 0.25) is 0 Å². The highest BCUT2D eigenvalue weighted by atomic mass is 19.4. The van der Waals surface area contributed by atoms with E-state index in [4.69, 9.17) is 0 Å². The van der Waals surface area contributed by atoms with Gasteiger partial charge in [0.1, 0.15) is 0 Å². The molecule has 290 valence electrons. The monoisotopic (exact) mass is 762 g/mol. The van der Waals surface area contributed by atoms with Crippen LogP contribution in [0.3, 0.4) is 0 Å². The van der Waals surface area contributed by atoms with Gasteiger partial charge in [0.05, 0.1) is 11.1 Å². The van der Waals surface area contributed by atoms with Gasteiger partial charge in [0.2, 0.25) is 0 Å². The number of benzene rings is 6. The van der Waals surface area contributed by atoms with E-state index in [1.165, 1.54) is 24.3 Å². The first-order valence-electron chi connectivity index (χ1n) is 18.8. The molecule has 56 heavy (non-hydrogen) atoms. The van der Waals surface area contributed by atoms with Crippen LogP contribution in [-0.4, -0.2) is 0 Å². The van der Waals surface area contributed by atoms with E-state index < -0.39 is 28.9 Å². The lowest BCUT2D eigenvalue weighted by Crippen LogP contribution is -2.14. The van der Waals surface area contributed by atoms with Crippen molar-refractivity contribution >= 4 is 0 Å². The molecule has 0 fully saturated rings. The van der Waals surface area contributed by atoms with E-state index in [-0.39, 0.29) is 38.6 Å². The van der Waals surface area contributed by atoms with Gasteiger partial charge < -0.3 is 0 Å². The Balaban J connectivity index is 1.88. The fourth-order valence-corrected chi connectivity index (χ4v) is 7.60. The third-order valence-corrected chi connectivity index (χ3v) is 10.4. The predicted octanol–water partition coefficient (Wildman–Crippen LogP) is 16.0. The maximum absolute atomic E-state index is 15.0. The molecule has 0 aromatic heterocycles. The van der Waals surface area contributed by atoms with Gasteiger partial charge in [-0.2, -0.15) is 26.3 Å². The predicted molar refractivity (Wildman–Crippen MR) is 220 cm³/mol. The molecule has 0 spiro atoms. The summed E-state index contributed by atoms with van der Waals surface area (Å²) >= 11 is 0. The average Bonchev–Trinajstić information content (AvgIpc) is 3.12. The summed E-state index contributed by atoms with van der Waals surface area (Å²) in [5.74, 6) is 0. The summed E-state index contributed by atoms with van der Waals surface area (Å²) in [7, 11) is 0. The number of alkyl halides is 6. The fourth-order valence-electron chi connectivity index (χ4n) is 7.60. The smallest absolute Gasteiger partial charge is 0.166 e. The molecule has 0 saturated heterocycles. The molecule has 6 aromatic carbocycles. The van der Waals surface area contributed by atoms with Gasteiger partial charge in [-0.3, -0.25) is 0 Å². The molecule has 6 rings (SSSR count). The summed E-state index contributed by atoms with van der Waals surface area (Å²) in [5.41, 5.74) is 4.24. The summed E-state index contributed by atoms with van der Waals surface area (Å²) in [6, 6.07) is 36.2. The van der Waals surface area contributed by atoms with E-state index in [2.05, 4.69) is 59.7 Å². The minimum atomic E-state index is -4.74. The van der Waals surface area contributed by atoms with E-state index in [0.717, 1.165) is 45.5 Å². The third kappa shape index (κ3) is 8.21. The van der Waals surface area contributed by atoms with Crippen molar-refractivity contribution in [3.05, 3.63) is 155 Å². The number of hydrogen-bond acceptors (Lipinski definition) is 0. The van der Waals surface area contributed by atoms with Crippen LogP contribution in [0.15, 0.2) is 127 Å². The highest BCUT2D eigenvalue weighted by Gasteiger charge is 2.37. The molecular formula is C50H48F6. The molecule has 0 N–H and O–H groups in total.